The van der Waals surface area contributed by atoms with Crippen molar-refractivity contribution in [1.29, 1.82) is 0 Å². The van der Waals surface area contributed by atoms with Crippen molar-refractivity contribution >= 4 is 23.4 Å². The zero-order chi connectivity index (χ0) is 20.8. The molecule has 0 radical (unpaired) electrons. The minimum Gasteiger partial charge on any atom is -0.411 e. The number of amides is 1. The number of hydrogen-bond acceptors (Lipinski definition) is 9. The van der Waals surface area contributed by atoms with E-state index in [4.69, 9.17) is 8.94 Å². The standard InChI is InChI=1S/C19H15FN6O3S/c20-13-3-5-14(6-4-13)22-16(27)7-8-17-23-15(26-29-17)11-30-19-25-24-18(28-19)12-2-1-9-21-10-12/h1-6,9-10H,7-8,11H2,(H,22,27). The van der Waals surface area contributed by atoms with Crippen LogP contribution in [0.2, 0.25) is 0 Å². The van der Waals surface area contributed by atoms with Gasteiger partial charge in [-0.15, -0.1) is 10.2 Å². The summed E-state index contributed by atoms with van der Waals surface area (Å²) in [6, 6.07) is 9.15. The lowest BCUT2D eigenvalue weighted by Gasteiger charge is -2.03. The van der Waals surface area contributed by atoms with Crippen LogP contribution in [0.15, 0.2) is 63.0 Å². The number of thioether (sulfide) groups is 1. The molecule has 152 valence electrons. The van der Waals surface area contributed by atoms with Crippen LogP contribution in [-0.2, 0) is 17.0 Å². The Hall–Kier alpha value is -3.60. The lowest BCUT2D eigenvalue weighted by Crippen LogP contribution is -2.12. The summed E-state index contributed by atoms with van der Waals surface area (Å²) in [5.41, 5.74) is 1.26. The first-order chi connectivity index (χ1) is 14.7. The molecule has 4 rings (SSSR count). The van der Waals surface area contributed by atoms with Crippen LogP contribution >= 0.6 is 11.8 Å². The summed E-state index contributed by atoms with van der Waals surface area (Å²) in [6.07, 6.45) is 3.75. The molecule has 1 amide bonds. The number of rotatable bonds is 8. The zero-order valence-electron chi connectivity index (χ0n) is 15.5. The molecule has 0 aliphatic carbocycles. The summed E-state index contributed by atoms with van der Waals surface area (Å²) >= 11 is 1.27. The number of benzene rings is 1. The second-order valence-corrected chi connectivity index (χ2v) is 6.99. The highest BCUT2D eigenvalue weighted by Gasteiger charge is 2.13. The van der Waals surface area contributed by atoms with Crippen LogP contribution in [0.4, 0.5) is 10.1 Å². The van der Waals surface area contributed by atoms with Crippen molar-refractivity contribution in [3.05, 3.63) is 66.3 Å². The molecule has 11 heteroatoms. The minimum atomic E-state index is -0.363. The van der Waals surface area contributed by atoms with Gasteiger partial charge >= 0.3 is 0 Å². The van der Waals surface area contributed by atoms with Gasteiger partial charge in [-0.25, -0.2) is 4.39 Å². The van der Waals surface area contributed by atoms with E-state index in [0.29, 0.717) is 34.3 Å². The third-order valence-corrected chi connectivity index (χ3v) is 4.66. The van der Waals surface area contributed by atoms with E-state index >= 15 is 0 Å². The van der Waals surface area contributed by atoms with Crippen LogP contribution in [0.1, 0.15) is 18.1 Å². The average Bonchev–Trinajstić information content (AvgIpc) is 3.43. The molecule has 0 atom stereocenters. The molecule has 1 aromatic carbocycles. The fourth-order valence-electron chi connectivity index (χ4n) is 2.43. The molecule has 0 saturated carbocycles. The Morgan fingerprint density at radius 1 is 1.17 bits per heavy atom. The zero-order valence-corrected chi connectivity index (χ0v) is 16.3. The van der Waals surface area contributed by atoms with Crippen LogP contribution in [0.3, 0.4) is 0 Å². The number of hydrogen-bond donors (Lipinski definition) is 1. The maximum absolute atomic E-state index is 12.9. The summed E-state index contributed by atoms with van der Waals surface area (Å²) in [5, 5.41) is 14.9. The van der Waals surface area contributed by atoms with Gasteiger partial charge in [0.2, 0.25) is 17.7 Å². The molecular formula is C19H15FN6O3S. The Morgan fingerprint density at radius 3 is 2.83 bits per heavy atom. The van der Waals surface area contributed by atoms with Gasteiger partial charge in [0.05, 0.1) is 11.3 Å². The van der Waals surface area contributed by atoms with Gasteiger partial charge in [0.1, 0.15) is 5.82 Å². The molecule has 0 bridgehead atoms. The molecule has 0 aliphatic heterocycles. The van der Waals surface area contributed by atoms with Crippen LogP contribution in [0.25, 0.3) is 11.5 Å². The molecule has 1 N–H and O–H groups in total. The summed E-state index contributed by atoms with van der Waals surface area (Å²) in [6.45, 7) is 0. The van der Waals surface area contributed by atoms with Crippen molar-refractivity contribution in [3.8, 4) is 11.5 Å². The van der Waals surface area contributed by atoms with Crippen LogP contribution in [-0.4, -0.2) is 31.2 Å². The van der Waals surface area contributed by atoms with Gasteiger partial charge < -0.3 is 14.3 Å². The van der Waals surface area contributed by atoms with Crippen molar-refractivity contribution < 1.29 is 18.1 Å². The monoisotopic (exact) mass is 426 g/mol. The van der Waals surface area contributed by atoms with Crippen molar-refractivity contribution in [2.75, 3.05) is 5.32 Å². The molecule has 0 spiro atoms. The van der Waals surface area contributed by atoms with Gasteiger partial charge in [-0.3, -0.25) is 9.78 Å². The number of nitrogens with one attached hydrogen (secondary N) is 1. The maximum atomic E-state index is 12.9. The topological polar surface area (TPSA) is 120 Å². The van der Waals surface area contributed by atoms with Crippen LogP contribution in [0, 0.1) is 5.82 Å². The van der Waals surface area contributed by atoms with E-state index in [1.165, 1.54) is 36.0 Å². The van der Waals surface area contributed by atoms with Gasteiger partial charge in [-0.05, 0) is 36.4 Å². The third-order valence-electron chi connectivity index (χ3n) is 3.84. The number of carbonyl (C=O) groups is 1. The van der Waals surface area contributed by atoms with Crippen LogP contribution in [0.5, 0.6) is 0 Å². The summed E-state index contributed by atoms with van der Waals surface area (Å²) in [7, 11) is 0. The van der Waals surface area contributed by atoms with Gasteiger partial charge in [0.25, 0.3) is 5.22 Å². The largest absolute Gasteiger partial charge is 0.411 e. The Labute approximate surface area is 174 Å². The van der Waals surface area contributed by atoms with E-state index in [1.54, 1.807) is 18.5 Å². The number of carbonyl (C=O) groups excluding carboxylic acids is 1. The van der Waals surface area contributed by atoms with E-state index in [0.717, 1.165) is 5.56 Å². The Bertz CT molecular complexity index is 1120. The highest BCUT2D eigenvalue weighted by molar-refractivity contribution is 7.98. The number of anilines is 1. The van der Waals surface area contributed by atoms with Crippen molar-refractivity contribution in [2.24, 2.45) is 0 Å². The molecule has 3 heterocycles. The molecular weight excluding hydrogens is 411 g/mol. The number of pyridine rings is 1. The van der Waals surface area contributed by atoms with Crippen molar-refractivity contribution in [2.45, 2.75) is 23.8 Å². The predicted octanol–water partition coefficient (Wildman–Crippen LogP) is 3.52. The SMILES string of the molecule is O=C(CCc1nc(CSc2nnc(-c3cccnc3)o2)no1)Nc1ccc(F)cc1. The summed E-state index contributed by atoms with van der Waals surface area (Å²) in [4.78, 5) is 20.2. The molecule has 4 aromatic rings. The number of nitrogens with zero attached hydrogens (tertiary/aromatic N) is 5. The van der Waals surface area contributed by atoms with E-state index in [9.17, 15) is 9.18 Å². The van der Waals surface area contributed by atoms with Gasteiger partial charge in [-0.2, -0.15) is 4.98 Å². The lowest BCUT2D eigenvalue weighted by atomic mass is 10.2. The first-order valence-electron chi connectivity index (χ1n) is 8.89. The Morgan fingerprint density at radius 2 is 2.03 bits per heavy atom. The average molecular weight is 426 g/mol. The van der Waals surface area contributed by atoms with E-state index in [1.807, 2.05) is 6.07 Å². The molecule has 0 saturated heterocycles. The number of aryl methyl sites for hydroxylation is 1. The first-order valence-corrected chi connectivity index (χ1v) is 9.88. The van der Waals surface area contributed by atoms with Crippen molar-refractivity contribution in [1.82, 2.24) is 25.3 Å². The highest BCUT2D eigenvalue weighted by Crippen LogP contribution is 2.24. The molecule has 0 aliphatic rings. The fourth-order valence-corrected chi connectivity index (χ4v) is 3.03. The highest BCUT2D eigenvalue weighted by atomic mass is 32.2. The maximum Gasteiger partial charge on any atom is 0.277 e. The van der Waals surface area contributed by atoms with E-state index in [2.05, 4.69) is 30.6 Å². The summed E-state index contributed by atoms with van der Waals surface area (Å²) in [5.74, 6) is 0.964. The normalized spacial score (nSPS) is 10.8. The summed E-state index contributed by atoms with van der Waals surface area (Å²) < 4.78 is 23.6. The molecule has 9 nitrogen and oxygen atoms in total. The van der Waals surface area contributed by atoms with Gasteiger partial charge in [0, 0.05) is 30.9 Å². The first kappa shape index (κ1) is 19.7. The van der Waals surface area contributed by atoms with E-state index in [-0.39, 0.29) is 24.6 Å². The van der Waals surface area contributed by atoms with Crippen molar-refractivity contribution in [3.63, 3.8) is 0 Å². The smallest absolute Gasteiger partial charge is 0.277 e. The quantitative estimate of drug-likeness (QED) is 0.422. The Balaban J connectivity index is 1.25. The minimum absolute atomic E-state index is 0.157. The molecule has 3 aromatic heterocycles. The molecule has 30 heavy (non-hydrogen) atoms. The number of aromatic nitrogens is 5. The molecule has 0 fully saturated rings. The third kappa shape index (κ3) is 5.26. The van der Waals surface area contributed by atoms with E-state index < -0.39 is 0 Å². The molecule has 0 unspecified atom stereocenters. The fraction of sp³-hybridized carbons (Fsp3) is 0.158. The second-order valence-electron chi connectivity index (χ2n) is 6.06. The lowest BCUT2D eigenvalue weighted by molar-refractivity contribution is -0.116. The van der Waals surface area contributed by atoms with Crippen LogP contribution < -0.4 is 5.32 Å². The second kappa shape index (κ2) is 9.27. The predicted molar refractivity (Wildman–Crippen MR) is 105 cm³/mol. The van der Waals surface area contributed by atoms with Gasteiger partial charge in [-0.1, -0.05) is 16.9 Å². The van der Waals surface area contributed by atoms with Gasteiger partial charge in [0.15, 0.2) is 5.82 Å². The number of halogens is 1. The Kier molecular flexibility index (Phi) is 6.09.